The highest BCUT2D eigenvalue weighted by Crippen LogP contribution is 2.40. The fourth-order valence-electron chi connectivity index (χ4n) is 3.32. The number of nitrogens with one attached hydrogen (secondary N) is 1. The Bertz CT molecular complexity index is 1080. The summed E-state index contributed by atoms with van der Waals surface area (Å²) in [4.78, 5) is 17.4. The summed E-state index contributed by atoms with van der Waals surface area (Å²) in [6.45, 7) is -1.24. The number of carbonyl (C=O) groups excluding carboxylic acids is 1. The van der Waals surface area contributed by atoms with E-state index in [2.05, 4.69) is 15.4 Å². The van der Waals surface area contributed by atoms with Crippen molar-refractivity contribution < 1.29 is 18.0 Å². The Morgan fingerprint density at radius 1 is 1.21 bits per heavy atom. The van der Waals surface area contributed by atoms with Gasteiger partial charge in [0.2, 0.25) is 0 Å². The van der Waals surface area contributed by atoms with E-state index in [1.807, 2.05) is 6.07 Å². The van der Waals surface area contributed by atoms with E-state index < -0.39 is 30.9 Å². The average molecular weight is 387 g/mol. The van der Waals surface area contributed by atoms with Gasteiger partial charge in [0.25, 0.3) is 5.92 Å². The van der Waals surface area contributed by atoms with Crippen molar-refractivity contribution in [1.82, 2.24) is 19.7 Å². The number of aromatic nitrogens is 3. The van der Waals surface area contributed by atoms with Crippen LogP contribution in [0.3, 0.4) is 0 Å². The van der Waals surface area contributed by atoms with E-state index in [-0.39, 0.29) is 5.69 Å². The van der Waals surface area contributed by atoms with E-state index in [1.165, 1.54) is 22.9 Å². The van der Waals surface area contributed by atoms with Crippen LogP contribution in [0.15, 0.2) is 36.7 Å². The maximum atomic E-state index is 14.4. The van der Waals surface area contributed by atoms with E-state index >= 15 is 0 Å². The van der Waals surface area contributed by atoms with Crippen molar-refractivity contribution in [3.63, 3.8) is 0 Å². The molecule has 144 valence electrons. The summed E-state index contributed by atoms with van der Waals surface area (Å²) in [6.07, 6.45) is 5.79. The Kier molecular flexibility index (Phi) is 3.62. The topological polar surface area (TPSA) is 63.1 Å². The van der Waals surface area contributed by atoms with Crippen molar-refractivity contribution in [2.24, 2.45) is 0 Å². The van der Waals surface area contributed by atoms with Crippen LogP contribution in [0.1, 0.15) is 24.3 Å². The number of likely N-dealkylation sites (tertiary alicyclic amines) is 1. The fraction of sp³-hybridized carbons (Fsp3) is 0.316. The largest absolute Gasteiger partial charge is 0.322 e. The molecule has 2 amide bonds. The van der Waals surface area contributed by atoms with Crippen LogP contribution in [-0.2, 0) is 0 Å². The molecule has 1 aliphatic heterocycles. The second kappa shape index (κ2) is 5.95. The third-order valence-corrected chi connectivity index (χ3v) is 5.00. The lowest BCUT2D eigenvalue weighted by atomic mass is 10.1. The quantitative estimate of drug-likeness (QED) is 0.741. The molecule has 1 aliphatic carbocycles. The van der Waals surface area contributed by atoms with Crippen LogP contribution in [0.2, 0.25) is 0 Å². The van der Waals surface area contributed by atoms with Gasteiger partial charge in [-0.3, -0.25) is 0 Å². The molecule has 3 heterocycles. The summed E-state index contributed by atoms with van der Waals surface area (Å²) in [5, 5.41) is 7.63. The number of halogens is 3. The van der Waals surface area contributed by atoms with Crippen LogP contribution in [-0.4, -0.2) is 44.7 Å². The number of amides is 2. The van der Waals surface area contributed by atoms with Gasteiger partial charge in [0.05, 0.1) is 13.1 Å². The fourth-order valence-corrected chi connectivity index (χ4v) is 3.32. The van der Waals surface area contributed by atoms with Gasteiger partial charge in [-0.1, -0.05) is 0 Å². The van der Waals surface area contributed by atoms with Crippen molar-refractivity contribution in [2.45, 2.75) is 24.7 Å². The molecular weight excluding hydrogens is 371 g/mol. The molecule has 2 aromatic heterocycles. The molecule has 6 nitrogen and oxygen atoms in total. The molecule has 0 atom stereocenters. The third kappa shape index (κ3) is 3.06. The van der Waals surface area contributed by atoms with Crippen molar-refractivity contribution in [3.8, 4) is 5.69 Å². The Balaban J connectivity index is 1.41. The van der Waals surface area contributed by atoms with Gasteiger partial charge < -0.3 is 10.2 Å². The van der Waals surface area contributed by atoms with Gasteiger partial charge >= 0.3 is 6.03 Å². The van der Waals surface area contributed by atoms with Crippen LogP contribution in [0, 0.1) is 5.82 Å². The summed E-state index contributed by atoms with van der Waals surface area (Å²) in [5.74, 6) is -2.82. The van der Waals surface area contributed by atoms with Gasteiger partial charge in [-0.15, -0.1) is 5.10 Å². The lowest BCUT2D eigenvalue weighted by molar-refractivity contribution is -0.107. The zero-order valence-electron chi connectivity index (χ0n) is 14.7. The molecule has 3 aromatic rings. The number of hydrogen-bond acceptors (Lipinski definition) is 3. The molecule has 0 spiro atoms. The smallest absolute Gasteiger partial charge is 0.312 e. The van der Waals surface area contributed by atoms with Gasteiger partial charge in [0, 0.05) is 23.5 Å². The Morgan fingerprint density at radius 2 is 2.00 bits per heavy atom. The molecule has 1 saturated carbocycles. The summed E-state index contributed by atoms with van der Waals surface area (Å²) < 4.78 is 41.6. The number of rotatable bonds is 3. The number of benzene rings is 1. The number of nitrogens with zero attached hydrogens (tertiary/aromatic N) is 4. The minimum Gasteiger partial charge on any atom is -0.312 e. The highest BCUT2D eigenvalue weighted by Gasteiger charge is 2.46. The number of urea groups is 1. The summed E-state index contributed by atoms with van der Waals surface area (Å²) in [7, 11) is 0. The lowest BCUT2D eigenvalue weighted by Gasteiger charge is -2.38. The van der Waals surface area contributed by atoms with Gasteiger partial charge in [0.15, 0.2) is 5.65 Å². The van der Waals surface area contributed by atoms with Crippen LogP contribution in [0.4, 0.5) is 23.7 Å². The normalized spacial score (nSPS) is 18.2. The van der Waals surface area contributed by atoms with Gasteiger partial charge in [-0.2, -0.15) is 0 Å². The number of alkyl halides is 2. The summed E-state index contributed by atoms with van der Waals surface area (Å²) >= 11 is 0. The SMILES string of the molecule is O=C(Nc1ccc(F)c(-n2cc3cc(C4CC4)cnc3n2)c1)N1CC(F)(F)C1. The highest BCUT2D eigenvalue weighted by atomic mass is 19.3. The van der Waals surface area contributed by atoms with Crippen molar-refractivity contribution >= 4 is 22.8 Å². The second-order valence-corrected chi connectivity index (χ2v) is 7.34. The molecule has 5 rings (SSSR count). The molecular formula is C19H16F3N5O. The Morgan fingerprint density at radius 3 is 2.71 bits per heavy atom. The van der Waals surface area contributed by atoms with Crippen LogP contribution < -0.4 is 5.32 Å². The molecule has 1 saturated heterocycles. The molecule has 0 radical (unpaired) electrons. The van der Waals surface area contributed by atoms with Crippen LogP contribution in [0.25, 0.3) is 16.7 Å². The minimum atomic E-state index is -2.84. The molecule has 1 aromatic carbocycles. The van der Waals surface area contributed by atoms with E-state index in [0.29, 0.717) is 17.3 Å². The van der Waals surface area contributed by atoms with E-state index in [4.69, 9.17) is 0 Å². The van der Waals surface area contributed by atoms with E-state index in [0.717, 1.165) is 28.7 Å². The van der Waals surface area contributed by atoms with Crippen molar-refractivity contribution in [1.29, 1.82) is 0 Å². The number of pyridine rings is 1. The standard InChI is InChI=1S/C19H16F3N5O/c20-15-4-3-14(24-18(28)26-9-19(21,22)10-26)6-16(15)27-8-13-5-12(11-1-2-11)7-23-17(13)25-27/h3-8,11H,1-2,9-10H2,(H,24,28). The average Bonchev–Trinajstić information content (AvgIpc) is 3.40. The van der Waals surface area contributed by atoms with Crippen molar-refractivity contribution in [3.05, 3.63) is 48.0 Å². The molecule has 0 unspecified atom stereocenters. The Hall–Kier alpha value is -3.10. The number of fused-ring (bicyclic) bond motifs is 1. The van der Waals surface area contributed by atoms with Gasteiger partial charge in [-0.25, -0.2) is 27.6 Å². The summed E-state index contributed by atoms with van der Waals surface area (Å²) in [6, 6.07) is 5.35. The molecule has 2 fully saturated rings. The zero-order chi connectivity index (χ0) is 19.5. The lowest BCUT2D eigenvalue weighted by Crippen LogP contribution is -2.59. The monoisotopic (exact) mass is 387 g/mol. The predicted molar refractivity (Wildman–Crippen MR) is 96.3 cm³/mol. The Labute approximate surface area is 158 Å². The highest BCUT2D eigenvalue weighted by molar-refractivity contribution is 5.90. The maximum Gasteiger partial charge on any atom is 0.322 e. The second-order valence-electron chi connectivity index (χ2n) is 7.34. The number of anilines is 1. The molecule has 1 N–H and O–H groups in total. The maximum absolute atomic E-state index is 14.4. The first kappa shape index (κ1) is 17.0. The molecule has 2 aliphatic rings. The first-order valence-electron chi connectivity index (χ1n) is 8.97. The van der Waals surface area contributed by atoms with Crippen LogP contribution >= 0.6 is 0 Å². The van der Waals surface area contributed by atoms with Crippen molar-refractivity contribution in [2.75, 3.05) is 18.4 Å². The first-order valence-corrected chi connectivity index (χ1v) is 8.97. The third-order valence-electron chi connectivity index (χ3n) is 5.00. The van der Waals surface area contributed by atoms with E-state index in [9.17, 15) is 18.0 Å². The zero-order valence-corrected chi connectivity index (χ0v) is 14.7. The molecule has 9 heteroatoms. The summed E-state index contributed by atoms with van der Waals surface area (Å²) in [5.41, 5.74) is 2.08. The first-order chi connectivity index (χ1) is 13.4. The molecule has 0 bridgehead atoms. The number of hydrogen-bond donors (Lipinski definition) is 1. The van der Waals surface area contributed by atoms with Gasteiger partial charge in [-0.05, 0) is 48.6 Å². The van der Waals surface area contributed by atoms with E-state index in [1.54, 1.807) is 12.4 Å². The van der Waals surface area contributed by atoms with Crippen LogP contribution in [0.5, 0.6) is 0 Å². The molecule has 28 heavy (non-hydrogen) atoms. The predicted octanol–water partition coefficient (Wildman–Crippen LogP) is 3.92. The number of carbonyl (C=O) groups is 1. The minimum absolute atomic E-state index is 0.137. The van der Waals surface area contributed by atoms with Gasteiger partial charge in [0.1, 0.15) is 11.5 Å².